The molecule has 1 N–H and O–H groups in total. The Morgan fingerprint density at radius 3 is 2.90 bits per heavy atom. The maximum Gasteiger partial charge on any atom is 0.129 e. The van der Waals surface area contributed by atoms with Crippen molar-refractivity contribution in [2.24, 2.45) is 5.41 Å². The highest BCUT2D eigenvalue weighted by atomic mass is 16.5. The van der Waals surface area contributed by atoms with Gasteiger partial charge in [0.25, 0.3) is 0 Å². The summed E-state index contributed by atoms with van der Waals surface area (Å²) in [5, 5.41) is 4.63. The molecule has 1 aromatic carbocycles. The van der Waals surface area contributed by atoms with Crippen LogP contribution in [-0.2, 0) is 0 Å². The maximum absolute atomic E-state index is 6.28. The van der Waals surface area contributed by atoms with Crippen LogP contribution in [0.1, 0.15) is 27.2 Å². The minimum Gasteiger partial charge on any atom is -0.489 e. The van der Waals surface area contributed by atoms with Crippen molar-refractivity contribution in [3.8, 4) is 5.75 Å². The second kappa shape index (κ2) is 5.06. The van der Waals surface area contributed by atoms with Crippen LogP contribution < -0.4 is 10.1 Å². The summed E-state index contributed by atoms with van der Waals surface area (Å²) in [6, 6.07) is 10.7. The fraction of sp³-hybridized carbons (Fsp3) is 0.471. The largest absolute Gasteiger partial charge is 0.489 e. The molecule has 0 amide bonds. The van der Waals surface area contributed by atoms with E-state index in [2.05, 4.69) is 37.1 Å². The summed E-state index contributed by atoms with van der Waals surface area (Å²) >= 11 is 0. The van der Waals surface area contributed by atoms with Gasteiger partial charge in [-0.3, -0.25) is 4.98 Å². The van der Waals surface area contributed by atoms with Crippen LogP contribution in [0, 0.1) is 5.41 Å². The number of benzene rings is 1. The van der Waals surface area contributed by atoms with Crippen molar-refractivity contribution in [3.05, 3.63) is 36.5 Å². The number of fused-ring (bicyclic) bond motifs is 1. The minimum atomic E-state index is 0.167. The van der Waals surface area contributed by atoms with Gasteiger partial charge in [-0.2, -0.15) is 0 Å². The summed E-state index contributed by atoms with van der Waals surface area (Å²) in [5.41, 5.74) is 1.16. The first kappa shape index (κ1) is 13.4. The molecule has 2 unspecified atom stereocenters. The normalized spacial score (nSPS) is 24.4. The third-order valence-electron chi connectivity index (χ3n) is 4.50. The molecule has 1 aliphatic rings. The number of hydrogen-bond acceptors (Lipinski definition) is 3. The lowest BCUT2D eigenvalue weighted by Gasteiger charge is -2.51. The van der Waals surface area contributed by atoms with Crippen LogP contribution in [0.25, 0.3) is 10.9 Å². The van der Waals surface area contributed by atoms with Crippen molar-refractivity contribution in [3.63, 3.8) is 0 Å². The topological polar surface area (TPSA) is 34.1 Å². The fourth-order valence-electron chi connectivity index (χ4n) is 3.01. The van der Waals surface area contributed by atoms with Gasteiger partial charge in [-0.05, 0) is 30.8 Å². The standard InChI is InChI=1S/C17H22N2O/c1-4-18-15-11-16(17(15,2)3)20-14-9-5-8-13-12(14)7-6-10-19-13/h5-10,15-16,18H,4,11H2,1-3H3. The molecule has 0 saturated heterocycles. The molecule has 1 aliphatic carbocycles. The van der Waals surface area contributed by atoms with E-state index in [4.69, 9.17) is 4.74 Å². The van der Waals surface area contributed by atoms with Gasteiger partial charge in [0, 0.05) is 29.5 Å². The lowest BCUT2D eigenvalue weighted by molar-refractivity contribution is -0.0533. The Morgan fingerprint density at radius 1 is 1.30 bits per heavy atom. The molecule has 0 spiro atoms. The summed E-state index contributed by atoms with van der Waals surface area (Å²) in [5.74, 6) is 0.948. The monoisotopic (exact) mass is 270 g/mol. The third-order valence-corrected chi connectivity index (χ3v) is 4.50. The number of nitrogens with one attached hydrogen (secondary N) is 1. The molecule has 3 heteroatoms. The predicted molar refractivity (Wildman–Crippen MR) is 82.0 cm³/mol. The Morgan fingerprint density at radius 2 is 2.15 bits per heavy atom. The van der Waals surface area contributed by atoms with Crippen molar-refractivity contribution in [1.29, 1.82) is 0 Å². The van der Waals surface area contributed by atoms with Crippen LogP contribution in [0.5, 0.6) is 5.75 Å². The Bertz CT molecular complexity index is 603. The quantitative estimate of drug-likeness (QED) is 0.924. The summed E-state index contributed by atoms with van der Waals surface area (Å²) in [4.78, 5) is 4.38. The van der Waals surface area contributed by atoms with E-state index in [1.54, 1.807) is 0 Å². The molecule has 1 heterocycles. The summed E-state index contributed by atoms with van der Waals surface area (Å²) in [7, 11) is 0. The lowest BCUT2D eigenvalue weighted by Crippen LogP contribution is -2.62. The Hall–Kier alpha value is -1.61. The molecule has 106 valence electrons. The van der Waals surface area contributed by atoms with E-state index in [0.717, 1.165) is 29.6 Å². The van der Waals surface area contributed by atoms with Gasteiger partial charge < -0.3 is 10.1 Å². The highest BCUT2D eigenvalue weighted by Crippen LogP contribution is 2.43. The number of rotatable bonds is 4. The predicted octanol–water partition coefficient (Wildman–Crippen LogP) is 3.39. The van der Waals surface area contributed by atoms with Crippen LogP contribution in [0.4, 0.5) is 0 Å². The summed E-state index contributed by atoms with van der Waals surface area (Å²) in [6.07, 6.45) is 3.15. The zero-order chi connectivity index (χ0) is 14.2. The van der Waals surface area contributed by atoms with Gasteiger partial charge in [0.15, 0.2) is 0 Å². The van der Waals surface area contributed by atoms with Gasteiger partial charge in [0.1, 0.15) is 11.9 Å². The first-order chi connectivity index (χ1) is 9.63. The van der Waals surface area contributed by atoms with E-state index < -0.39 is 0 Å². The van der Waals surface area contributed by atoms with Gasteiger partial charge in [0.2, 0.25) is 0 Å². The molecule has 0 bridgehead atoms. The first-order valence-electron chi connectivity index (χ1n) is 7.36. The molecule has 0 aliphatic heterocycles. The van der Waals surface area contributed by atoms with E-state index >= 15 is 0 Å². The Labute approximate surface area is 120 Å². The van der Waals surface area contributed by atoms with Gasteiger partial charge in [-0.15, -0.1) is 0 Å². The van der Waals surface area contributed by atoms with Gasteiger partial charge >= 0.3 is 0 Å². The molecular weight excluding hydrogens is 248 g/mol. The Balaban J connectivity index is 1.81. The molecule has 1 fully saturated rings. The molecule has 2 aromatic rings. The van der Waals surface area contributed by atoms with Crippen LogP contribution in [0.15, 0.2) is 36.5 Å². The molecule has 3 rings (SSSR count). The third kappa shape index (κ3) is 2.16. The highest BCUT2D eigenvalue weighted by Gasteiger charge is 2.49. The molecular formula is C17H22N2O. The van der Waals surface area contributed by atoms with Crippen LogP contribution >= 0.6 is 0 Å². The van der Waals surface area contributed by atoms with E-state index in [-0.39, 0.29) is 11.5 Å². The zero-order valence-corrected chi connectivity index (χ0v) is 12.4. The minimum absolute atomic E-state index is 0.167. The van der Waals surface area contributed by atoms with Crippen LogP contribution in [-0.4, -0.2) is 23.7 Å². The van der Waals surface area contributed by atoms with E-state index in [1.807, 2.05) is 30.5 Å². The number of pyridine rings is 1. The summed E-state index contributed by atoms with van der Waals surface area (Å²) in [6.45, 7) is 7.72. The summed E-state index contributed by atoms with van der Waals surface area (Å²) < 4.78 is 6.28. The van der Waals surface area contributed by atoms with Gasteiger partial charge in [0.05, 0.1) is 5.52 Å². The average Bonchev–Trinajstić information content (AvgIpc) is 2.46. The van der Waals surface area contributed by atoms with Crippen molar-refractivity contribution in [1.82, 2.24) is 10.3 Å². The second-order valence-corrected chi connectivity index (χ2v) is 6.10. The van der Waals surface area contributed by atoms with E-state index in [0.29, 0.717) is 6.04 Å². The molecule has 3 nitrogen and oxygen atoms in total. The number of aromatic nitrogens is 1. The van der Waals surface area contributed by atoms with Crippen molar-refractivity contribution in [2.45, 2.75) is 39.3 Å². The van der Waals surface area contributed by atoms with Gasteiger partial charge in [-0.25, -0.2) is 0 Å². The van der Waals surface area contributed by atoms with Crippen LogP contribution in [0.3, 0.4) is 0 Å². The smallest absolute Gasteiger partial charge is 0.129 e. The molecule has 0 radical (unpaired) electrons. The number of nitrogens with zero attached hydrogens (tertiary/aromatic N) is 1. The van der Waals surface area contributed by atoms with E-state index in [1.165, 1.54) is 0 Å². The van der Waals surface area contributed by atoms with Crippen molar-refractivity contribution < 1.29 is 4.74 Å². The van der Waals surface area contributed by atoms with Crippen LogP contribution in [0.2, 0.25) is 0 Å². The molecule has 1 aromatic heterocycles. The second-order valence-electron chi connectivity index (χ2n) is 6.10. The van der Waals surface area contributed by atoms with Crippen molar-refractivity contribution in [2.75, 3.05) is 6.54 Å². The zero-order valence-electron chi connectivity index (χ0n) is 12.4. The highest BCUT2D eigenvalue weighted by molar-refractivity contribution is 5.84. The maximum atomic E-state index is 6.28. The van der Waals surface area contributed by atoms with Crippen molar-refractivity contribution >= 4 is 10.9 Å². The van der Waals surface area contributed by atoms with Gasteiger partial charge in [-0.1, -0.05) is 26.8 Å². The lowest BCUT2D eigenvalue weighted by atomic mass is 9.64. The number of ether oxygens (including phenoxy) is 1. The fourth-order valence-corrected chi connectivity index (χ4v) is 3.01. The molecule has 2 atom stereocenters. The first-order valence-corrected chi connectivity index (χ1v) is 7.36. The Kier molecular flexibility index (Phi) is 3.38. The average molecular weight is 270 g/mol. The molecule has 20 heavy (non-hydrogen) atoms. The molecule has 1 saturated carbocycles. The SMILES string of the molecule is CCNC1CC(Oc2cccc3ncccc23)C1(C)C. The van der Waals surface area contributed by atoms with E-state index in [9.17, 15) is 0 Å². The number of hydrogen-bond donors (Lipinski definition) is 1.